The average Bonchev–Trinajstić information content (AvgIpc) is 2.14. The van der Waals surface area contributed by atoms with Crippen molar-refractivity contribution in [2.24, 2.45) is 10.8 Å². The Hall–Kier alpha value is -1.26. The number of nitrogens with two attached hydrogens (primary N) is 1. The number of benzene rings is 1. The summed E-state index contributed by atoms with van der Waals surface area (Å²) in [6, 6.07) is 4.28. The molecule has 2 amide bonds. The summed E-state index contributed by atoms with van der Waals surface area (Å²) in [6.45, 7) is 1.70. The number of nitrogens with zero attached hydrogens (tertiary/aromatic N) is 1. The second kappa shape index (κ2) is 5.00. The van der Waals surface area contributed by atoms with Crippen LogP contribution in [-0.4, -0.2) is 11.7 Å². The largest absolute Gasteiger partial charge is 0.350 e. The van der Waals surface area contributed by atoms with Crippen LogP contribution < -0.4 is 11.2 Å². The number of carbonyl (C=O) groups is 1. The third kappa shape index (κ3) is 3.42. The maximum atomic E-state index is 10.4. The van der Waals surface area contributed by atoms with Crippen molar-refractivity contribution in [1.29, 1.82) is 0 Å². The average molecular weight is 246 g/mol. The van der Waals surface area contributed by atoms with Gasteiger partial charge in [0.25, 0.3) is 0 Å². The van der Waals surface area contributed by atoms with Crippen LogP contribution in [-0.2, 0) is 0 Å². The first-order valence-corrected chi connectivity index (χ1v) is 4.81. The van der Waals surface area contributed by atoms with Crippen molar-refractivity contribution in [3.8, 4) is 0 Å². The van der Waals surface area contributed by atoms with Gasteiger partial charge in [0.2, 0.25) is 0 Å². The molecule has 0 unspecified atom stereocenters. The molecule has 0 aliphatic rings. The second-order valence-electron chi connectivity index (χ2n) is 2.80. The Morgan fingerprint density at radius 1 is 1.47 bits per heavy atom. The number of nitrogens with one attached hydrogen (secondary N) is 1. The van der Waals surface area contributed by atoms with E-state index in [2.05, 4.69) is 10.5 Å². The molecule has 0 aromatic heterocycles. The lowest BCUT2D eigenvalue weighted by Gasteiger charge is -2.03. The molecule has 3 N–H and O–H groups in total. The molecule has 1 aromatic carbocycles. The van der Waals surface area contributed by atoms with Gasteiger partial charge >= 0.3 is 6.03 Å². The van der Waals surface area contributed by atoms with Crippen molar-refractivity contribution in [3.63, 3.8) is 0 Å². The van der Waals surface area contributed by atoms with Crippen molar-refractivity contribution in [2.45, 2.75) is 6.92 Å². The summed E-state index contributed by atoms with van der Waals surface area (Å²) >= 11 is 11.7. The lowest BCUT2D eigenvalue weighted by Crippen LogP contribution is -2.25. The zero-order valence-corrected chi connectivity index (χ0v) is 9.43. The molecule has 80 valence electrons. The SMILES string of the molecule is C/C(=N\NC(N)=O)c1ccc(Cl)cc1Cl. The molecule has 15 heavy (non-hydrogen) atoms. The quantitative estimate of drug-likeness (QED) is 0.610. The number of rotatable bonds is 2. The molecule has 0 saturated carbocycles. The van der Waals surface area contributed by atoms with Crippen molar-refractivity contribution < 1.29 is 4.79 Å². The fraction of sp³-hybridized carbons (Fsp3) is 0.111. The van der Waals surface area contributed by atoms with E-state index in [0.717, 1.165) is 0 Å². The van der Waals surface area contributed by atoms with Gasteiger partial charge in [0.05, 0.1) is 10.7 Å². The molecular formula is C9H9Cl2N3O. The van der Waals surface area contributed by atoms with Crippen LogP contribution in [0.3, 0.4) is 0 Å². The first-order chi connectivity index (χ1) is 7.00. The van der Waals surface area contributed by atoms with Gasteiger partial charge < -0.3 is 5.73 Å². The lowest BCUT2D eigenvalue weighted by atomic mass is 10.1. The molecule has 0 fully saturated rings. The van der Waals surface area contributed by atoms with Gasteiger partial charge in [-0.05, 0) is 19.1 Å². The predicted octanol–water partition coefficient (Wildman–Crippen LogP) is 2.39. The Morgan fingerprint density at radius 3 is 2.67 bits per heavy atom. The Bertz CT molecular complexity index is 418. The summed E-state index contributed by atoms with van der Waals surface area (Å²) in [4.78, 5) is 10.4. The fourth-order valence-electron chi connectivity index (χ4n) is 0.982. The summed E-state index contributed by atoms with van der Waals surface area (Å²) in [5, 5.41) is 4.76. The van der Waals surface area contributed by atoms with Crippen LogP contribution in [0.15, 0.2) is 23.3 Å². The van der Waals surface area contributed by atoms with Crippen LogP contribution in [0.25, 0.3) is 0 Å². The highest BCUT2D eigenvalue weighted by Gasteiger charge is 2.04. The molecule has 0 bridgehead atoms. The Balaban J connectivity index is 2.95. The van der Waals surface area contributed by atoms with Crippen LogP contribution in [0, 0.1) is 0 Å². The van der Waals surface area contributed by atoms with Gasteiger partial charge in [0, 0.05) is 10.6 Å². The van der Waals surface area contributed by atoms with E-state index in [9.17, 15) is 4.79 Å². The van der Waals surface area contributed by atoms with Gasteiger partial charge in [-0.1, -0.05) is 29.3 Å². The number of hydrogen-bond donors (Lipinski definition) is 2. The van der Waals surface area contributed by atoms with E-state index < -0.39 is 6.03 Å². The van der Waals surface area contributed by atoms with E-state index in [4.69, 9.17) is 28.9 Å². The van der Waals surface area contributed by atoms with Crippen molar-refractivity contribution in [3.05, 3.63) is 33.8 Å². The molecule has 0 heterocycles. The van der Waals surface area contributed by atoms with Gasteiger partial charge in [-0.3, -0.25) is 0 Å². The molecule has 1 rings (SSSR count). The molecule has 6 heteroatoms. The first-order valence-electron chi connectivity index (χ1n) is 4.06. The zero-order valence-electron chi connectivity index (χ0n) is 7.92. The minimum Gasteiger partial charge on any atom is -0.350 e. The monoisotopic (exact) mass is 245 g/mol. The second-order valence-corrected chi connectivity index (χ2v) is 3.64. The molecule has 0 aliphatic carbocycles. The van der Waals surface area contributed by atoms with E-state index in [1.807, 2.05) is 0 Å². The van der Waals surface area contributed by atoms with Crippen LogP contribution in [0.4, 0.5) is 4.79 Å². The predicted molar refractivity (Wildman–Crippen MR) is 61.4 cm³/mol. The van der Waals surface area contributed by atoms with E-state index in [0.29, 0.717) is 21.3 Å². The van der Waals surface area contributed by atoms with Gasteiger partial charge in [-0.2, -0.15) is 5.10 Å². The Kier molecular flexibility index (Phi) is 3.94. The number of amides is 2. The Morgan fingerprint density at radius 2 is 2.13 bits per heavy atom. The van der Waals surface area contributed by atoms with Gasteiger partial charge in [0.1, 0.15) is 0 Å². The summed E-state index contributed by atoms with van der Waals surface area (Å²) in [5.74, 6) is 0. The molecule has 1 aromatic rings. The van der Waals surface area contributed by atoms with Crippen molar-refractivity contribution in [1.82, 2.24) is 5.43 Å². The molecule has 0 aliphatic heterocycles. The number of halogens is 2. The third-order valence-electron chi connectivity index (χ3n) is 1.65. The highest BCUT2D eigenvalue weighted by Crippen LogP contribution is 2.21. The number of carbonyl (C=O) groups excluding carboxylic acids is 1. The van der Waals surface area contributed by atoms with Gasteiger partial charge in [-0.25, -0.2) is 10.2 Å². The van der Waals surface area contributed by atoms with E-state index >= 15 is 0 Å². The molecular weight excluding hydrogens is 237 g/mol. The van der Waals surface area contributed by atoms with E-state index in [-0.39, 0.29) is 0 Å². The Labute approximate surface area is 97.0 Å². The minimum absolute atomic E-state index is 0.468. The van der Waals surface area contributed by atoms with E-state index in [1.165, 1.54) is 0 Å². The number of hydrazone groups is 1. The number of hydrogen-bond acceptors (Lipinski definition) is 2. The fourth-order valence-corrected chi connectivity index (χ4v) is 1.53. The van der Waals surface area contributed by atoms with E-state index in [1.54, 1.807) is 25.1 Å². The van der Waals surface area contributed by atoms with Crippen LogP contribution in [0.5, 0.6) is 0 Å². The molecule has 0 radical (unpaired) electrons. The topological polar surface area (TPSA) is 67.5 Å². The summed E-state index contributed by atoms with van der Waals surface area (Å²) < 4.78 is 0. The zero-order chi connectivity index (χ0) is 11.4. The maximum Gasteiger partial charge on any atom is 0.332 e. The smallest absolute Gasteiger partial charge is 0.332 e. The summed E-state index contributed by atoms with van der Waals surface area (Å²) in [5.41, 5.74) is 8.23. The summed E-state index contributed by atoms with van der Waals surface area (Å²) in [6.07, 6.45) is 0. The van der Waals surface area contributed by atoms with Crippen LogP contribution in [0.1, 0.15) is 12.5 Å². The minimum atomic E-state index is -0.723. The third-order valence-corrected chi connectivity index (χ3v) is 2.20. The normalized spacial score (nSPS) is 11.3. The molecule has 0 spiro atoms. The number of primary amides is 1. The first kappa shape index (κ1) is 11.8. The molecule has 0 atom stereocenters. The summed E-state index contributed by atoms with van der Waals surface area (Å²) in [7, 11) is 0. The highest BCUT2D eigenvalue weighted by molar-refractivity contribution is 6.37. The lowest BCUT2D eigenvalue weighted by molar-refractivity contribution is 0.249. The van der Waals surface area contributed by atoms with Crippen LogP contribution in [0.2, 0.25) is 10.0 Å². The van der Waals surface area contributed by atoms with Crippen molar-refractivity contribution >= 4 is 34.9 Å². The maximum absolute atomic E-state index is 10.4. The molecule has 0 saturated heterocycles. The van der Waals surface area contributed by atoms with Gasteiger partial charge in [-0.15, -0.1) is 0 Å². The molecule has 4 nitrogen and oxygen atoms in total. The van der Waals surface area contributed by atoms with Crippen molar-refractivity contribution in [2.75, 3.05) is 0 Å². The standard InChI is InChI=1S/C9H9Cl2N3O/c1-5(13-14-9(12)15)7-3-2-6(10)4-8(7)11/h2-4H,1H3,(H3,12,14,15)/b13-5+. The van der Waals surface area contributed by atoms with Crippen LogP contribution >= 0.6 is 23.2 Å². The number of urea groups is 1. The highest BCUT2D eigenvalue weighted by atomic mass is 35.5. The van der Waals surface area contributed by atoms with Gasteiger partial charge in [0.15, 0.2) is 0 Å².